The van der Waals surface area contributed by atoms with E-state index >= 15 is 0 Å². The van der Waals surface area contributed by atoms with Crippen molar-refractivity contribution in [3.63, 3.8) is 0 Å². The highest BCUT2D eigenvalue weighted by Gasteiger charge is 2.30. The van der Waals surface area contributed by atoms with Gasteiger partial charge in [-0.2, -0.15) is 0 Å². The van der Waals surface area contributed by atoms with Crippen LogP contribution in [0.25, 0.3) is 10.9 Å². The average Bonchev–Trinajstić information content (AvgIpc) is 2.86. The number of rotatable bonds is 8. The van der Waals surface area contributed by atoms with Gasteiger partial charge in [0.05, 0.1) is 32.4 Å². The molecule has 0 fully saturated rings. The van der Waals surface area contributed by atoms with E-state index < -0.39 is 17.5 Å². The molecule has 1 atom stereocenters. The first-order valence-electron chi connectivity index (χ1n) is 11.7. The molecule has 2 heterocycles. The Morgan fingerprint density at radius 3 is 2.39 bits per heavy atom. The van der Waals surface area contributed by atoms with E-state index in [0.29, 0.717) is 22.5 Å². The molecular formula is C28H28N2O8. The average molecular weight is 521 g/mol. The lowest BCUT2D eigenvalue weighted by atomic mass is 9.87. The summed E-state index contributed by atoms with van der Waals surface area (Å²) < 4.78 is 21.7. The van der Waals surface area contributed by atoms with E-state index in [1.807, 2.05) is 6.92 Å². The molecule has 1 unspecified atom stereocenters. The van der Waals surface area contributed by atoms with Crippen LogP contribution in [0.15, 0.2) is 56.5 Å². The van der Waals surface area contributed by atoms with E-state index in [4.69, 9.17) is 18.6 Å². The molecule has 0 saturated heterocycles. The molecule has 0 aliphatic heterocycles. The summed E-state index contributed by atoms with van der Waals surface area (Å²) >= 11 is 0. The summed E-state index contributed by atoms with van der Waals surface area (Å²) in [5.41, 5.74) is 1.10. The number of carbonyl (C=O) groups excluding carboxylic acids is 1. The van der Waals surface area contributed by atoms with Gasteiger partial charge in [-0.1, -0.05) is 12.1 Å². The Bertz CT molecular complexity index is 1640. The number of hydrogen-bond acceptors (Lipinski definition) is 8. The molecule has 198 valence electrons. The lowest BCUT2D eigenvalue weighted by Crippen LogP contribution is -2.21. The van der Waals surface area contributed by atoms with Gasteiger partial charge in [-0.3, -0.25) is 9.59 Å². The van der Waals surface area contributed by atoms with E-state index in [-0.39, 0.29) is 40.6 Å². The third-order valence-corrected chi connectivity index (χ3v) is 6.27. The van der Waals surface area contributed by atoms with Crippen LogP contribution in [0.4, 0.5) is 5.69 Å². The van der Waals surface area contributed by atoms with Gasteiger partial charge < -0.3 is 34.0 Å². The molecule has 4 rings (SSSR count). The van der Waals surface area contributed by atoms with Crippen LogP contribution >= 0.6 is 0 Å². The smallest absolute Gasteiger partial charge is 0.343 e. The summed E-state index contributed by atoms with van der Waals surface area (Å²) in [6.07, 6.45) is -0.254. The molecule has 0 aliphatic rings. The number of hydrogen-bond donors (Lipinski definition) is 3. The van der Waals surface area contributed by atoms with Crippen molar-refractivity contribution in [1.29, 1.82) is 0 Å². The fourth-order valence-electron chi connectivity index (χ4n) is 4.60. The molecule has 0 aliphatic carbocycles. The summed E-state index contributed by atoms with van der Waals surface area (Å²) in [5, 5.41) is 14.4. The highest BCUT2D eigenvalue weighted by Crippen LogP contribution is 2.46. The number of H-pyrrole nitrogens is 1. The van der Waals surface area contributed by atoms with E-state index in [0.717, 1.165) is 10.9 Å². The number of carbonyl (C=O) groups is 1. The van der Waals surface area contributed by atoms with Crippen molar-refractivity contribution in [3.8, 4) is 23.0 Å². The number of aryl methyl sites for hydroxylation is 2. The molecule has 2 aromatic heterocycles. The molecule has 10 nitrogen and oxygen atoms in total. The second-order valence-electron chi connectivity index (χ2n) is 8.75. The van der Waals surface area contributed by atoms with Gasteiger partial charge in [0.15, 0.2) is 11.5 Å². The lowest BCUT2D eigenvalue weighted by molar-refractivity contribution is -0.116. The second-order valence-corrected chi connectivity index (χ2v) is 8.75. The fraction of sp³-hybridized carbons (Fsp3) is 0.250. The number of aromatic amines is 1. The third-order valence-electron chi connectivity index (χ3n) is 6.27. The number of ether oxygens (including phenoxy) is 3. The zero-order chi connectivity index (χ0) is 27.6. The molecule has 4 aromatic rings. The number of fused-ring (bicyclic) bond motifs is 1. The number of aromatic nitrogens is 1. The molecule has 10 heteroatoms. The summed E-state index contributed by atoms with van der Waals surface area (Å²) in [6, 6.07) is 11.3. The van der Waals surface area contributed by atoms with Crippen molar-refractivity contribution in [2.24, 2.45) is 0 Å². The summed E-state index contributed by atoms with van der Waals surface area (Å²) in [4.78, 5) is 40.9. The van der Waals surface area contributed by atoms with Crippen molar-refractivity contribution in [1.82, 2.24) is 4.98 Å². The molecule has 3 N–H and O–H groups in total. The number of nitrogens with one attached hydrogen (secondary N) is 2. The SMILES string of the molecule is COc1ccc(C(CC(=O)Nc2ccc3c(C)cc(=O)[nH]c3c2)c2c(O)cc(C)oc2=O)c(OC)c1OC. The number of benzene rings is 2. The van der Waals surface area contributed by atoms with Crippen LogP contribution in [0.2, 0.25) is 0 Å². The van der Waals surface area contributed by atoms with Crippen LogP contribution < -0.4 is 30.7 Å². The van der Waals surface area contributed by atoms with Crippen LogP contribution in [0.5, 0.6) is 23.0 Å². The summed E-state index contributed by atoms with van der Waals surface area (Å²) in [6.45, 7) is 3.37. The number of amides is 1. The largest absolute Gasteiger partial charge is 0.507 e. The van der Waals surface area contributed by atoms with E-state index in [2.05, 4.69) is 10.3 Å². The molecule has 0 saturated carbocycles. The van der Waals surface area contributed by atoms with E-state index in [9.17, 15) is 19.5 Å². The maximum absolute atomic E-state index is 13.3. The van der Waals surface area contributed by atoms with Crippen LogP contribution in [0.3, 0.4) is 0 Å². The minimum atomic E-state index is -0.968. The predicted octanol–water partition coefficient (Wildman–Crippen LogP) is 3.99. The van der Waals surface area contributed by atoms with Gasteiger partial charge in [0.1, 0.15) is 11.5 Å². The van der Waals surface area contributed by atoms with Gasteiger partial charge in [-0.15, -0.1) is 0 Å². The lowest BCUT2D eigenvalue weighted by Gasteiger charge is -2.22. The maximum atomic E-state index is 13.3. The Balaban J connectivity index is 1.78. The molecule has 0 bridgehead atoms. The van der Waals surface area contributed by atoms with E-state index in [1.54, 1.807) is 30.3 Å². The minimum absolute atomic E-state index is 0.102. The Morgan fingerprint density at radius 1 is 1.00 bits per heavy atom. The molecule has 2 aromatic carbocycles. The zero-order valence-corrected chi connectivity index (χ0v) is 21.6. The van der Waals surface area contributed by atoms with Crippen molar-refractivity contribution in [2.45, 2.75) is 26.2 Å². The van der Waals surface area contributed by atoms with E-state index in [1.165, 1.54) is 40.4 Å². The van der Waals surface area contributed by atoms with Crippen molar-refractivity contribution >= 4 is 22.5 Å². The molecule has 38 heavy (non-hydrogen) atoms. The van der Waals surface area contributed by atoms with Gasteiger partial charge in [0, 0.05) is 41.1 Å². The maximum Gasteiger partial charge on any atom is 0.343 e. The third kappa shape index (κ3) is 5.06. The number of pyridine rings is 1. The number of methoxy groups -OCH3 is 3. The Labute approximate surface area is 217 Å². The Hall–Kier alpha value is -4.73. The molecule has 0 radical (unpaired) electrons. The topological polar surface area (TPSA) is 140 Å². The van der Waals surface area contributed by atoms with Gasteiger partial charge in [0.2, 0.25) is 17.2 Å². The van der Waals surface area contributed by atoms with Gasteiger partial charge in [-0.05, 0) is 37.6 Å². The van der Waals surface area contributed by atoms with Crippen molar-refractivity contribution < 1.29 is 28.5 Å². The van der Waals surface area contributed by atoms with Gasteiger partial charge in [0.25, 0.3) is 0 Å². The van der Waals surface area contributed by atoms with Crippen molar-refractivity contribution in [2.75, 3.05) is 26.6 Å². The summed E-state index contributed by atoms with van der Waals surface area (Å²) in [7, 11) is 4.34. The summed E-state index contributed by atoms with van der Waals surface area (Å²) in [5.74, 6) is -0.626. The molecule has 1 amide bonds. The quantitative estimate of drug-likeness (QED) is 0.317. The van der Waals surface area contributed by atoms with Crippen LogP contribution in [-0.2, 0) is 4.79 Å². The Morgan fingerprint density at radius 2 is 1.74 bits per heavy atom. The number of aromatic hydroxyl groups is 1. The zero-order valence-electron chi connectivity index (χ0n) is 21.6. The first-order valence-corrected chi connectivity index (χ1v) is 11.7. The van der Waals surface area contributed by atoms with Crippen LogP contribution in [-0.4, -0.2) is 37.3 Å². The van der Waals surface area contributed by atoms with Gasteiger partial charge in [-0.25, -0.2) is 4.79 Å². The minimum Gasteiger partial charge on any atom is -0.507 e. The normalized spacial score (nSPS) is 11.7. The van der Waals surface area contributed by atoms with Gasteiger partial charge >= 0.3 is 5.63 Å². The fourth-order valence-corrected chi connectivity index (χ4v) is 4.60. The van der Waals surface area contributed by atoms with Crippen LogP contribution in [0.1, 0.15) is 34.8 Å². The monoisotopic (exact) mass is 520 g/mol. The molecular weight excluding hydrogens is 492 g/mol. The number of anilines is 1. The second kappa shape index (κ2) is 10.7. The first-order chi connectivity index (χ1) is 18.2. The first kappa shape index (κ1) is 26.3. The van der Waals surface area contributed by atoms with Crippen LogP contribution in [0, 0.1) is 13.8 Å². The highest BCUT2D eigenvalue weighted by molar-refractivity contribution is 5.94. The van der Waals surface area contributed by atoms with Crippen molar-refractivity contribution in [3.05, 3.63) is 85.7 Å². The Kier molecular flexibility index (Phi) is 7.43. The highest BCUT2D eigenvalue weighted by atomic mass is 16.5. The predicted molar refractivity (Wildman–Crippen MR) is 142 cm³/mol. The molecule has 0 spiro atoms. The standard InChI is InChI=1S/C28H28N2O8/c1-14-10-23(32)30-20-12-16(6-7-17(14)20)29-24(33)13-19(25-21(31)11-15(2)38-28(25)34)18-8-9-22(35-3)27(37-5)26(18)36-4/h6-12,19,31H,13H2,1-5H3,(H,29,33)(H,30,32).